The quantitative estimate of drug-likeness (QED) is 0.231. The van der Waals surface area contributed by atoms with Crippen LogP contribution in [0.4, 0.5) is 0 Å². The second kappa shape index (κ2) is 11.2. The fraction of sp³-hybridized carbons (Fsp3) is 0.0526. The van der Waals surface area contributed by atoms with Gasteiger partial charge in [0.2, 0.25) is 0 Å². The molecule has 0 saturated carbocycles. The Morgan fingerprint density at radius 3 is 1.69 bits per heavy atom. The number of rotatable bonds is 5. The average molecular weight is 541 g/mol. The molecule has 6 aromatic carbocycles. The average Bonchev–Trinajstić information content (AvgIpc) is 3.08. The lowest BCUT2D eigenvalue weighted by molar-refractivity contribution is 0.409. The van der Waals surface area contributed by atoms with Crippen molar-refractivity contribution in [1.82, 2.24) is 10.6 Å². The van der Waals surface area contributed by atoms with E-state index >= 15 is 0 Å². The molecule has 1 aliphatic rings. The molecule has 0 spiro atoms. The van der Waals surface area contributed by atoms with Crippen molar-refractivity contribution in [3.63, 3.8) is 0 Å². The molecule has 2 atom stereocenters. The summed E-state index contributed by atoms with van der Waals surface area (Å²) in [6.45, 7) is 0. The highest BCUT2D eigenvalue weighted by atomic mass is 15.3. The van der Waals surface area contributed by atoms with E-state index in [-0.39, 0.29) is 12.3 Å². The van der Waals surface area contributed by atoms with Crippen molar-refractivity contribution in [3.05, 3.63) is 168 Å². The first-order chi connectivity index (χ1) is 20.7. The molecule has 1 heterocycles. The minimum absolute atomic E-state index is 0.109. The highest BCUT2D eigenvalue weighted by molar-refractivity contribution is 6.08. The number of hydrogen-bond acceptors (Lipinski definition) is 4. The third-order valence-corrected chi connectivity index (χ3v) is 7.80. The molecular formula is C38H28N4. The Morgan fingerprint density at radius 2 is 1.07 bits per heavy atom. The van der Waals surface area contributed by atoms with Gasteiger partial charge in [-0.15, -0.1) is 0 Å². The second-order valence-corrected chi connectivity index (χ2v) is 10.5. The van der Waals surface area contributed by atoms with E-state index in [9.17, 15) is 0 Å². The molecule has 0 fully saturated rings. The van der Waals surface area contributed by atoms with Crippen molar-refractivity contribution in [2.24, 2.45) is 4.99 Å². The largest absolute Gasteiger partial charge is 0.350 e. The number of nitrogens with zero attached hydrogens (tertiary/aromatic N) is 2. The van der Waals surface area contributed by atoms with Gasteiger partial charge in [-0.3, -0.25) is 5.32 Å². The summed E-state index contributed by atoms with van der Waals surface area (Å²) in [5.74, 6) is 0.855. The maximum Gasteiger partial charge on any atom is 0.132 e. The Kier molecular flexibility index (Phi) is 6.77. The van der Waals surface area contributed by atoms with E-state index in [2.05, 4.69) is 126 Å². The van der Waals surface area contributed by atoms with Gasteiger partial charge in [0, 0.05) is 5.56 Å². The van der Waals surface area contributed by atoms with Gasteiger partial charge in [0.05, 0.1) is 11.6 Å². The van der Waals surface area contributed by atoms with Gasteiger partial charge in [0.1, 0.15) is 18.2 Å². The Labute approximate surface area is 245 Å². The monoisotopic (exact) mass is 540 g/mol. The predicted molar refractivity (Wildman–Crippen MR) is 171 cm³/mol. The zero-order valence-electron chi connectivity index (χ0n) is 22.9. The summed E-state index contributed by atoms with van der Waals surface area (Å²) in [5, 5.41) is 18.9. The summed E-state index contributed by atoms with van der Waals surface area (Å²) in [7, 11) is 0. The standard InChI is InChI=1S/C38H28N4/c39-25-26-15-17-27(18-16-26)28-19-21-29(22-20-28)34-23-32-13-7-8-14-33(32)24-35(34)38-41-36(30-9-3-1-4-10-30)40-37(42-38)31-11-5-2-6-12-31/h1-24,36-37,40H,(H,41,42). The van der Waals surface area contributed by atoms with Gasteiger partial charge in [-0.1, -0.05) is 121 Å². The molecule has 4 heteroatoms. The van der Waals surface area contributed by atoms with Gasteiger partial charge >= 0.3 is 0 Å². The topological polar surface area (TPSA) is 60.2 Å². The number of nitrogens with one attached hydrogen (secondary N) is 2. The molecular weight excluding hydrogens is 512 g/mol. The molecule has 0 saturated heterocycles. The Hall–Kier alpha value is -5.50. The first kappa shape index (κ1) is 25.5. The number of amidine groups is 1. The van der Waals surface area contributed by atoms with E-state index in [4.69, 9.17) is 10.3 Å². The van der Waals surface area contributed by atoms with Crippen molar-refractivity contribution in [2.45, 2.75) is 12.3 Å². The molecule has 7 rings (SSSR count). The fourth-order valence-electron chi connectivity index (χ4n) is 5.57. The zero-order valence-corrected chi connectivity index (χ0v) is 22.9. The normalized spacial score (nSPS) is 16.3. The molecule has 0 radical (unpaired) electrons. The van der Waals surface area contributed by atoms with Crippen LogP contribution in [0.3, 0.4) is 0 Å². The number of fused-ring (bicyclic) bond motifs is 1. The summed E-state index contributed by atoms with van der Waals surface area (Å²) in [6.07, 6.45) is -0.312. The Bertz CT molecular complexity index is 1920. The van der Waals surface area contributed by atoms with Gasteiger partial charge in [0.15, 0.2) is 0 Å². The third-order valence-electron chi connectivity index (χ3n) is 7.80. The van der Waals surface area contributed by atoms with Crippen LogP contribution < -0.4 is 10.6 Å². The van der Waals surface area contributed by atoms with E-state index in [0.29, 0.717) is 5.56 Å². The summed E-state index contributed by atoms with van der Waals surface area (Å²) >= 11 is 0. The van der Waals surface area contributed by atoms with Crippen molar-refractivity contribution in [2.75, 3.05) is 0 Å². The molecule has 200 valence electrons. The lowest BCUT2D eigenvalue weighted by atomic mass is 9.93. The minimum Gasteiger partial charge on any atom is -0.350 e. The lowest BCUT2D eigenvalue weighted by Gasteiger charge is -2.33. The van der Waals surface area contributed by atoms with Gasteiger partial charge < -0.3 is 5.32 Å². The van der Waals surface area contributed by atoms with Gasteiger partial charge in [-0.25, -0.2) is 4.99 Å². The number of hydrogen-bond donors (Lipinski definition) is 2. The van der Waals surface area contributed by atoms with Crippen LogP contribution in [0.25, 0.3) is 33.0 Å². The van der Waals surface area contributed by atoms with Crippen LogP contribution in [-0.4, -0.2) is 5.84 Å². The molecule has 2 N–H and O–H groups in total. The number of benzene rings is 6. The van der Waals surface area contributed by atoms with Crippen LogP contribution in [0.5, 0.6) is 0 Å². The molecule has 0 aromatic heterocycles. The molecule has 4 nitrogen and oxygen atoms in total. The van der Waals surface area contributed by atoms with Crippen LogP contribution in [0.2, 0.25) is 0 Å². The van der Waals surface area contributed by atoms with Crippen molar-refractivity contribution in [3.8, 4) is 28.3 Å². The van der Waals surface area contributed by atoms with Crippen molar-refractivity contribution >= 4 is 16.6 Å². The smallest absolute Gasteiger partial charge is 0.132 e. The highest BCUT2D eigenvalue weighted by Crippen LogP contribution is 2.33. The fourth-order valence-corrected chi connectivity index (χ4v) is 5.57. The van der Waals surface area contributed by atoms with Crippen LogP contribution in [0.1, 0.15) is 34.6 Å². The first-order valence-electron chi connectivity index (χ1n) is 14.1. The minimum atomic E-state index is -0.203. The molecule has 0 amide bonds. The van der Waals surface area contributed by atoms with E-state index in [1.165, 1.54) is 10.8 Å². The Balaban J connectivity index is 1.35. The van der Waals surface area contributed by atoms with Crippen LogP contribution in [-0.2, 0) is 0 Å². The predicted octanol–water partition coefficient (Wildman–Crippen LogP) is 8.38. The third kappa shape index (κ3) is 5.06. The highest BCUT2D eigenvalue weighted by Gasteiger charge is 2.26. The van der Waals surface area contributed by atoms with Crippen LogP contribution >= 0.6 is 0 Å². The maximum atomic E-state index is 9.16. The molecule has 1 aliphatic heterocycles. The molecule has 6 aromatic rings. The molecule has 2 unspecified atom stereocenters. The van der Waals surface area contributed by atoms with Crippen LogP contribution in [0.15, 0.2) is 151 Å². The van der Waals surface area contributed by atoms with Crippen molar-refractivity contribution in [1.29, 1.82) is 5.26 Å². The summed E-state index contributed by atoms with van der Waals surface area (Å²) in [5.41, 5.74) is 8.41. The van der Waals surface area contributed by atoms with Crippen molar-refractivity contribution < 1.29 is 0 Å². The lowest BCUT2D eigenvalue weighted by Crippen LogP contribution is -2.45. The molecule has 0 aliphatic carbocycles. The van der Waals surface area contributed by atoms with Gasteiger partial charge in [-0.2, -0.15) is 5.26 Å². The summed E-state index contributed by atoms with van der Waals surface area (Å²) < 4.78 is 0. The van der Waals surface area contributed by atoms with E-state index in [1.807, 2.05) is 36.4 Å². The SMILES string of the molecule is N#Cc1ccc(-c2ccc(-c3cc4ccccc4cc3C3=NC(c4ccccc4)NC(c4ccccc4)N3)cc2)cc1. The van der Waals surface area contributed by atoms with E-state index in [0.717, 1.165) is 44.8 Å². The Morgan fingerprint density at radius 1 is 0.548 bits per heavy atom. The maximum absolute atomic E-state index is 9.16. The molecule has 0 bridgehead atoms. The molecule has 42 heavy (non-hydrogen) atoms. The first-order valence-corrected chi connectivity index (χ1v) is 14.1. The number of aliphatic imine (C=N–C) groups is 1. The summed E-state index contributed by atoms with van der Waals surface area (Å²) in [6, 6.07) is 52.4. The second-order valence-electron chi connectivity index (χ2n) is 10.5. The van der Waals surface area contributed by atoms with Gasteiger partial charge in [-0.05, 0) is 68.4 Å². The number of nitriles is 1. The zero-order chi connectivity index (χ0) is 28.3. The van der Waals surface area contributed by atoms with E-state index < -0.39 is 0 Å². The van der Waals surface area contributed by atoms with Gasteiger partial charge in [0.25, 0.3) is 0 Å². The summed E-state index contributed by atoms with van der Waals surface area (Å²) in [4.78, 5) is 5.24. The van der Waals surface area contributed by atoms with E-state index in [1.54, 1.807) is 0 Å². The van der Waals surface area contributed by atoms with Crippen LogP contribution in [0, 0.1) is 11.3 Å².